The first kappa shape index (κ1) is 22.2. The molecule has 0 aliphatic rings. The van der Waals surface area contributed by atoms with Gasteiger partial charge in [0.15, 0.2) is 5.13 Å². The highest BCUT2D eigenvalue weighted by Gasteiger charge is 2.24. The number of aromatic nitrogens is 3. The molecule has 12 heteroatoms. The maximum Gasteiger partial charge on any atom is 0.303 e. The number of hydrogen-bond acceptors (Lipinski definition) is 7. The lowest BCUT2D eigenvalue weighted by Crippen LogP contribution is -2.16. The van der Waals surface area contributed by atoms with Crippen molar-refractivity contribution in [1.82, 2.24) is 13.9 Å². The molecule has 0 saturated heterocycles. The summed E-state index contributed by atoms with van der Waals surface area (Å²) in [6, 6.07) is 9.22. The van der Waals surface area contributed by atoms with Crippen LogP contribution in [0.15, 0.2) is 41.3 Å². The van der Waals surface area contributed by atoms with E-state index in [1.165, 1.54) is 40.4 Å². The molecule has 0 atom stereocenters. The monoisotopic (exact) mass is 492 g/mol. The Morgan fingerprint density at radius 2 is 1.94 bits per heavy atom. The lowest BCUT2D eigenvalue weighted by atomic mass is 10.2. The fraction of sp³-hybridized carbons (Fsp3) is 0.200. The average Bonchev–Trinajstić information content (AvgIpc) is 3.26. The van der Waals surface area contributed by atoms with Crippen LogP contribution in [0.3, 0.4) is 0 Å². The van der Waals surface area contributed by atoms with Gasteiger partial charge in [-0.15, -0.1) is 0 Å². The Hall–Kier alpha value is -3.02. The van der Waals surface area contributed by atoms with Crippen molar-refractivity contribution in [3.63, 3.8) is 0 Å². The zero-order valence-corrected chi connectivity index (χ0v) is 19.1. The third kappa shape index (κ3) is 4.31. The number of rotatable bonds is 7. The Morgan fingerprint density at radius 1 is 1.16 bits per heavy atom. The van der Waals surface area contributed by atoms with Gasteiger partial charge in [-0.2, -0.15) is 0 Å². The van der Waals surface area contributed by atoms with Crippen LogP contribution < -0.4 is 5.32 Å². The van der Waals surface area contributed by atoms with Crippen molar-refractivity contribution in [2.45, 2.75) is 31.1 Å². The molecule has 9 nitrogen and oxygen atoms in total. The molecule has 2 N–H and O–H groups in total. The molecule has 0 fully saturated rings. The predicted octanol–water partition coefficient (Wildman–Crippen LogP) is 3.90. The van der Waals surface area contributed by atoms with E-state index in [1.807, 2.05) is 0 Å². The van der Waals surface area contributed by atoms with E-state index in [-0.39, 0.29) is 35.2 Å². The molecule has 4 rings (SSSR count). The zero-order valence-electron chi connectivity index (χ0n) is 16.7. The lowest BCUT2D eigenvalue weighted by molar-refractivity contribution is -0.137. The number of nitrogens with zero attached hydrogens (tertiary/aromatic N) is 3. The standard InChI is InChI=1S/C20H17ClN4O5S2/c1-11(26)22-20-24-14-6-5-13(10-17(14)31-20)32(29,30)25-12(3-2-4-19(27)28)9-15-16(25)7-8-18(21)23-15/h5-10H,2-4H2,1H3,(H,27,28)(H,22,24,26). The van der Waals surface area contributed by atoms with Crippen molar-refractivity contribution >= 4 is 71.2 Å². The van der Waals surface area contributed by atoms with Crippen molar-refractivity contribution in [3.05, 3.63) is 47.2 Å². The summed E-state index contributed by atoms with van der Waals surface area (Å²) in [5, 5.41) is 12.1. The van der Waals surface area contributed by atoms with Crippen molar-refractivity contribution in [2.75, 3.05) is 5.32 Å². The molecule has 0 aliphatic heterocycles. The Labute approximate surface area is 191 Å². The van der Waals surface area contributed by atoms with Gasteiger partial charge in [0, 0.05) is 19.0 Å². The maximum atomic E-state index is 13.6. The molecular weight excluding hydrogens is 476 g/mol. The number of carbonyl (C=O) groups is 2. The number of halogens is 1. The molecule has 1 aromatic carbocycles. The summed E-state index contributed by atoms with van der Waals surface area (Å²) < 4.78 is 29.1. The second kappa shape index (κ2) is 8.49. The summed E-state index contributed by atoms with van der Waals surface area (Å²) in [5.41, 5.74) is 1.73. The molecule has 0 bridgehead atoms. The number of carboxylic acids is 1. The molecule has 0 saturated carbocycles. The molecule has 0 aliphatic carbocycles. The van der Waals surface area contributed by atoms with Gasteiger partial charge in [-0.25, -0.2) is 22.4 Å². The molecule has 1 amide bonds. The number of aryl methyl sites for hydroxylation is 1. The largest absolute Gasteiger partial charge is 0.481 e. The number of hydrogen-bond donors (Lipinski definition) is 2. The zero-order chi connectivity index (χ0) is 23.0. The van der Waals surface area contributed by atoms with E-state index in [2.05, 4.69) is 15.3 Å². The van der Waals surface area contributed by atoms with E-state index in [0.717, 1.165) is 0 Å². The van der Waals surface area contributed by atoms with Crippen LogP contribution in [0, 0.1) is 0 Å². The highest BCUT2D eigenvalue weighted by atomic mass is 35.5. The molecule has 3 aromatic heterocycles. The van der Waals surface area contributed by atoms with E-state index >= 15 is 0 Å². The summed E-state index contributed by atoms with van der Waals surface area (Å²) >= 11 is 7.15. The highest BCUT2D eigenvalue weighted by molar-refractivity contribution is 7.90. The topological polar surface area (TPSA) is 131 Å². The number of pyridine rings is 1. The Bertz CT molecular complexity index is 1480. The number of amides is 1. The minimum atomic E-state index is -4.04. The Kier molecular flexibility index (Phi) is 5.89. The van der Waals surface area contributed by atoms with E-state index in [4.69, 9.17) is 16.7 Å². The third-order valence-corrected chi connectivity index (χ3v) is 7.56. The van der Waals surface area contributed by atoms with Gasteiger partial charge in [-0.05, 0) is 49.2 Å². The van der Waals surface area contributed by atoms with Crippen molar-refractivity contribution < 1.29 is 23.1 Å². The van der Waals surface area contributed by atoms with Crippen molar-refractivity contribution in [2.24, 2.45) is 0 Å². The summed E-state index contributed by atoms with van der Waals surface area (Å²) in [6.45, 7) is 1.37. The summed E-state index contributed by atoms with van der Waals surface area (Å²) in [4.78, 5) is 30.7. The summed E-state index contributed by atoms with van der Waals surface area (Å²) in [7, 11) is -4.04. The normalized spacial score (nSPS) is 11.8. The Morgan fingerprint density at radius 3 is 2.66 bits per heavy atom. The van der Waals surface area contributed by atoms with Crippen LogP contribution in [0.2, 0.25) is 5.15 Å². The first-order valence-electron chi connectivity index (χ1n) is 9.47. The molecule has 166 valence electrons. The molecule has 0 spiro atoms. The fourth-order valence-corrected chi connectivity index (χ4v) is 6.11. The first-order valence-corrected chi connectivity index (χ1v) is 12.1. The predicted molar refractivity (Wildman–Crippen MR) is 122 cm³/mol. The minimum Gasteiger partial charge on any atom is -0.481 e. The van der Waals surface area contributed by atoms with E-state index in [1.54, 1.807) is 18.2 Å². The van der Waals surface area contributed by atoms with Crippen LogP contribution in [0.5, 0.6) is 0 Å². The van der Waals surface area contributed by atoms with Gasteiger partial charge in [0.05, 0.1) is 26.1 Å². The average molecular weight is 493 g/mol. The first-order chi connectivity index (χ1) is 15.1. The second-order valence-electron chi connectivity index (χ2n) is 7.02. The van der Waals surface area contributed by atoms with E-state index in [0.29, 0.717) is 32.1 Å². The lowest BCUT2D eigenvalue weighted by Gasteiger charge is -2.12. The maximum absolute atomic E-state index is 13.6. The van der Waals surface area contributed by atoms with Gasteiger partial charge in [0.25, 0.3) is 10.0 Å². The minimum absolute atomic E-state index is 0.0370. The number of benzene rings is 1. The molecule has 0 unspecified atom stereocenters. The molecule has 0 radical (unpaired) electrons. The Balaban J connectivity index is 1.82. The van der Waals surface area contributed by atoms with Crippen LogP contribution in [-0.4, -0.2) is 39.3 Å². The number of thiazole rings is 1. The molecule has 4 aromatic rings. The van der Waals surface area contributed by atoms with Gasteiger partial charge in [0.1, 0.15) is 5.15 Å². The van der Waals surface area contributed by atoms with Crippen LogP contribution >= 0.6 is 22.9 Å². The van der Waals surface area contributed by atoms with Crippen LogP contribution in [-0.2, 0) is 26.0 Å². The van der Waals surface area contributed by atoms with Crippen LogP contribution in [0.25, 0.3) is 21.3 Å². The van der Waals surface area contributed by atoms with E-state index in [9.17, 15) is 18.0 Å². The number of carboxylic acid groups (broad SMARTS) is 1. The van der Waals surface area contributed by atoms with Crippen molar-refractivity contribution in [3.8, 4) is 0 Å². The molecule has 32 heavy (non-hydrogen) atoms. The highest BCUT2D eigenvalue weighted by Crippen LogP contribution is 2.31. The molecular formula is C20H17ClN4O5S2. The fourth-order valence-electron chi connectivity index (χ4n) is 3.34. The summed E-state index contributed by atoms with van der Waals surface area (Å²) in [6.07, 6.45) is 0.409. The molecule has 3 heterocycles. The summed E-state index contributed by atoms with van der Waals surface area (Å²) in [5.74, 6) is -1.23. The smallest absolute Gasteiger partial charge is 0.303 e. The van der Waals surface area contributed by atoms with Crippen LogP contribution in [0.4, 0.5) is 5.13 Å². The SMILES string of the molecule is CC(=O)Nc1nc2ccc(S(=O)(=O)n3c(CCCC(=O)O)cc4nc(Cl)ccc43)cc2s1. The van der Waals surface area contributed by atoms with Gasteiger partial charge in [-0.3, -0.25) is 9.59 Å². The quantitative estimate of drug-likeness (QED) is 0.374. The van der Waals surface area contributed by atoms with Gasteiger partial charge < -0.3 is 10.4 Å². The number of carbonyl (C=O) groups excluding carboxylic acids is 1. The number of fused-ring (bicyclic) bond motifs is 2. The van der Waals surface area contributed by atoms with E-state index < -0.39 is 16.0 Å². The second-order valence-corrected chi connectivity index (χ2v) is 10.2. The van der Waals surface area contributed by atoms with Gasteiger partial charge in [0.2, 0.25) is 5.91 Å². The van der Waals surface area contributed by atoms with Gasteiger partial charge >= 0.3 is 5.97 Å². The number of nitrogens with one attached hydrogen (secondary N) is 1. The van der Waals surface area contributed by atoms with Crippen LogP contribution in [0.1, 0.15) is 25.5 Å². The van der Waals surface area contributed by atoms with Gasteiger partial charge in [-0.1, -0.05) is 22.9 Å². The number of aliphatic carboxylic acids is 1. The van der Waals surface area contributed by atoms with Crippen molar-refractivity contribution in [1.29, 1.82) is 0 Å². The number of anilines is 1. The third-order valence-electron chi connectivity index (χ3n) is 4.66.